The normalized spacial score (nSPS) is 26.0. The number of carbonyl (C=O) groups excluding carboxylic acids is 2. The molecule has 5 nitrogen and oxygen atoms in total. The third-order valence-electron chi connectivity index (χ3n) is 6.86. The molecule has 1 aliphatic heterocycles. The van der Waals surface area contributed by atoms with Crippen molar-refractivity contribution < 1.29 is 19.1 Å². The van der Waals surface area contributed by atoms with Gasteiger partial charge in [0, 0.05) is 17.5 Å². The molecule has 33 heavy (non-hydrogen) atoms. The maximum atomic E-state index is 13.4. The van der Waals surface area contributed by atoms with E-state index in [0.717, 1.165) is 35.1 Å². The average Bonchev–Trinajstić information content (AvgIpc) is 3.25. The van der Waals surface area contributed by atoms with Gasteiger partial charge in [0.2, 0.25) is 0 Å². The molecule has 0 amide bonds. The zero-order valence-corrected chi connectivity index (χ0v) is 19.7. The Morgan fingerprint density at radius 2 is 1.88 bits per heavy atom. The van der Waals surface area contributed by atoms with Crippen molar-refractivity contribution in [3.8, 4) is 11.8 Å². The van der Waals surface area contributed by atoms with Gasteiger partial charge < -0.3 is 14.8 Å². The summed E-state index contributed by atoms with van der Waals surface area (Å²) in [6.45, 7) is 5.90. The second-order valence-electron chi connectivity index (χ2n) is 9.30. The maximum absolute atomic E-state index is 13.4. The van der Waals surface area contributed by atoms with Crippen LogP contribution in [0.1, 0.15) is 58.3 Å². The van der Waals surface area contributed by atoms with Crippen LogP contribution in [0.2, 0.25) is 0 Å². The van der Waals surface area contributed by atoms with Gasteiger partial charge in [0.1, 0.15) is 6.04 Å². The first kappa shape index (κ1) is 23.1. The minimum Gasteiger partial charge on any atom is -0.468 e. The number of ether oxygens (including phenoxy) is 2. The van der Waals surface area contributed by atoms with Crippen LogP contribution in [0.5, 0.6) is 0 Å². The fourth-order valence-electron chi connectivity index (χ4n) is 5.12. The summed E-state index contributed by atoms with van der Waals surface area (Å²) in [7, 11) is 1.40. The predicted molar refractivity (Wildman–Crippen MR) is 127 cm³/mol. The molecule has 172 valence electrons. The van der Waals surface area contributed by atoms with E-state index in [1.165, 1.54) is 7.11 Å². The molecule has 0 spiro atoms. The number of aryl methyl sites for hydroxylation is 3. The number of hydrogen-bond acceptors (Lipinski definition) is 5. The van der Waals surface area contributed by atoms with Crippen molar-refractivity contribution in [2.75, 3.05) is 7.11 Å². The topological polar surface area (TPSA) is 64.6 Å². The molecule has 1 heterocycles. The molecule has 1 unspecified atom stereocenters. The summed E-state index contributed by atoms with van der Waals surface area (Å²) in [4.78, 5) is 25.7. The van der Waals surface area contributed by atoms with Gasteiger partial charge >= 0.3 is 11.9 Å². The number of carbonyl (C=O) groups is 2. The highest BCUT2D eigenvalue weighted by atomic mass is 16.6. The number of fused-ring (bicyclic) bond motifs is 1. The van der Waals surface area contributed by atoms with E-state index in [2.05, 4.69) is 17.2 Å². The predicted octanol–water partition coefficient (Wildman–Crippen LogP) is 4.26. The summed E-state index contributed by atoms with van der Waals surface area (Å²) in [5.74, 6) is 5.91. The van der Waals surface area contributed by atoms with E-state index in [9.17, 15) is 9.59 Å². The largest absolute Gasteiger partial charge is 0.468 e. The van der Waals surface area contributed by atoms with E-state index < -0.39 is 11.6 Å². The van der Waals surface area contributed by atoms with Crippen molar-refractivity contribution >= 4 is 11.9 Å². The second kappa shape index (κ2) is 9.41. The van der Waals surface area contributed by atoms with Crippen molar-refractivity contribution in [1.82, 2.24) is 5.32 Å². The quantitative estimate of drug-likeness (QED) is 0.565. The molecule has 4 atom stereocenters. The third kappa shape index (κ3) is 4.82. The molecule has 1 aliphatic carbocycles. The number of benzene rings is 2. The van der Waals surface area contributed by atoms with E-state index in [4.69, 9.17) is 9.47 Å². The lowest BCUT2D eigenvalue weighted by molar-refractivity contribution is -0.142. The smallest absolute Gasteiger partial charge is 0.339 e. The van der Waals surface area contributed by atoms with Crippen molar-refractivity contribution in [1.29, 1.82) is 0 Å². The van der Waals surface area contributed by atoms with E-state index in [1.807, 2.05) is 63.2 Å². The zero-order chi connectivity index (χ0) is 23.6. The fourth-order valence-corrected chi connectivity index (χ4v) is 5.12. The molecule has 0 radical (unpaired) electrons. The van der Waals surface area contributed by atoms with Crippen LogP contribution in [0.4, 0.5) is 0 Å². The lowest BCUT2D eigenvalue weighted by Gasteiger charge is -2.41. The van der Waals surface area contributed by atoms with Gasteiger partial charge in [-0.15, -0.1) is 0 Å². The monoisotopic (exact) mass is 445 g/mol. The molecule has 0 aromatic heterocycles. The molecule has 5 heteroatoms. The van der Waals surface area contributed by atoms with Crippen LogP contribution < -0.4 is 5.32 Å². The third-order valence-corrected chi connectivity index (χ3v) is 6.86. The standard InChI is InChI=1S/C28H31NO4/c1-18-7-5-8-21(15-18)12-14-28(33-26(30)22-16-19(2)10-11-20(22)3)13-6-9-24-23(28)17-25(29-24)27(31)32-4/h5,7-8,10-11,15-16,23-25,29H,6,9,13,17H2,1-4H3/t23-,24-,25?,28-/m1/s1. The molecule has 1 N–H and O–H groups in total. The Bertz CT molecular complexity index is 1130. The Morgan fingerprint density at radius 3 is 2.64 bits per heavy atom. The summed E-state index contributed by atoms with van der Waals surface area (Å²) < 4.78 is 11.3. The van der Waals surface area contributed by atoms with E-state index in [-0.39, 0.29) is 23.9 Å². The summed E-state index contributed by atoms with van der Waals surface area (Å²) >= 11 is 0. The highest BCUT2D eigenvalue weighted by Crippen LogP contribution is 2.43. The molecule has 1 saturated carbocycles. The van der Waals surface area contributed by atoms with Crippen LogP contribution in [-0.4, -0.2) is 36.7 Å². The first-order valence-electron chi connectivity index (χ1n) is 11.6. The number of hydrogen-bond donors (Lipinski definition) is 1. The van der Waals surface area contributed by atoms with Crippen LogP contribution in [0.25, 0.3) is 0 Å². The summed E-state index contributed by atoms with van der Waals surface area (Å²) in [6.07, 6.45) is 2.93. The lowest BCUT2D eigenvalue weighted by atomic mass is 9.72. The van der Waals surface area contributed by atoms with Crippen LogP contribution in [0.15, 0.2) is 42.5 Å². The Kier molecular flexibility index (Phi) is 6.58. The minimum atomic E-state index is -0.976. The Morgan fingerprint density at radius 1 is 1.09 bits per heavy atom. The van der Waals surface area contributed by atoms with Crippen molar-refractivity contribution in [3.63, 3.8) is 0 Å². The lowest BCUT2D eigenvalue weighted by Crippen LogP contribution is -2.50. The Hall–Kier alpha value is -3.10. The molecular weight excluding hydrogens is 414 g/mol. The number of methoxy groups -OCH3 is 1. The van der Waals surface area contributed by atoms with Gasteiger partial charge in [-0.1, -0.05) is 35.7 Å². The van der Waals surface area contributed by atoms with Gasteiger partial charge in [0.25, 0.3) is 0 Å². The van der Waals surface area contributed by atoms with E-state index in [0.29, 0.717) is 18.4 Å². The highest BCUT2D eigenvalue weighted by Gasteiger charge is 2.53. The highest BCUT2D eigenvalue weighted by molar-refractivity contribution is 5.91. The molecule has 2 fully saturated rings. The van der Waals surface area contributed by atoms with E-state index in [1.54, 1.807) is 0 Å². The fraction of sp³-hybridized carbons (Fsp3) is 0.429. The first-order chi connectivity index (χ1) is 15.8. The molecule has 1 saturated heterocycles. The summed E-state index contributed by atoms with van der Waals surface area (Å²) in [5.41, 5.74) is 3.46. The van der Waals surface area contributed by atoms with Crippen LogP contribution in [0.3, 0.4) is 0 Å². The van der Waals surface area contributed by atoms with Gasteiger partial charge in [-0.05, 0) is 81.7 Å². The molecule has 4 rings (SSSR count). The summed E-state index contributed by atoms with van der Waals surface area (Å²) in [6, 6.07) is 13.4. The van der Waals surface area contributed by atoms with Gasteiger partial charge in [-0.25, -0.2) is 4.79 Å². The van der Waals surface area contributed by atoms with Crippen molar-refractivity contribution in [2.24, 2.45) is 5.92 Å². The summed E-state index contributed by atoms with van der Waals surface area (Å²) in [5, 5.41) is 3.41. The number of rotatable bonds is 3. The molecule has 2 aromatic carbocycles. The number of esters is 2. The second-order valence-corrected chi connectivity index (χ2v) is 9.30. The molecular formula is C28H31NO4. The maximum Gasteiger partial charge on any atom is 0.339 e. The molecule has 2 aliphatic rings. The first-order valence-corrected chi connectivity index (χ1v) is 11.6. The van der Waals surface area contributed by atoms with Gasteiger partial charge in [0.15, 0.2) is 5.60 Å². The minimum absolute atomic E-state index is 0.0427. The molecule has 2 aromatic rings. The van der Waals surface area contributed by atoms with Gasteiger partial charge in [-0.2, -0.15) is 0 Å². The molecule has 0 bridgehead atoms. The SMILES string of the molecule is COC(=O)C1C[C@@H]2[C@@H](CCC[C@]2(C#Cc2cccc(C)c2)OC(=O)c2cc(C)ccc2C)N1. The van der Waals surface area contributed by atoms with Crippen molar-refractivity contribution in [2.45, 2.75) is 64.1 Å². The van der Waals surface area contributed by atoms with Gasteiger partial charge in [-0.3, -0.25) is 4.79 Å². The Balaban J connectivity index is 1.73. The van der Waals surface area contributed by atoms with E-state index >= 15 is 0 Å². The van der Waals surface area contributed by atoms with Crippen LogP contribution in [-0.2, 0) is 14.3 Å². The Labute approximate surface area is 195 Å². The zero-order valence-electron chi connectivity index (χ0n) is 19.7. The van der Waals surface area contributed by atoms with Crippen molar-refractivity contribution in [3.05, 3.63) is 70.3 Å². The van der Waals surface area contributed by atoms with Gasteiger partial charge in [0.05, 0.1) is 12.7 Å². The number of nitrogens with one attached hydrogen (secondary N) is 1. The van der Waals surface area contributed by atoms with Crippen LogP contribution >= 0.6 is 0 Å². The average molecular weight is 446 g/mol. The van der Waals surface area contributed by atoms with Crippen LogP contribution in [0, 0.1) is 38.5 Å².